The van der Waals surface area contributed by atoms with Crippen LogP contribution in [0.15, 0.2) is 40.7 Å². The van der Waals surface area contributed by atoms with E-state index in [9.17, 15) is 4.79 Å². The lowest BCUT2D eigenvalue weighted by molar-refractivity contribution is -0.117. The van der Waals surface area contributed by atoms with Gasteiger partial charge in [0.05, 0.1) is 0 Å². The Morgan fingerprint density at radius 2 is 2.21 bits per heavy atom. The fraction of sp³-hybridized carbons (Fsp3) is 0.353. The van der Waals surface area contributed by atoms with Crippen LogP contribution in [0, 0.1) is 5.92 Å². The molecule has 124 valence electrons. The highest BCUT2D eigenvalue weighted by Crippen LogP contribution is 2.42. The number of fused-ring (bicyclic) bond motifs is 1. The molecule has 2 aromatic rings. The van der Waals surface area contributed by atoms with Gasteiger partial charge in [-0.05, 0) is 36.3 Å². The lowest BCUT2D eigenvalue weighted by atomic mass is 9.81. The fourth-order valence-electron chi connectivity index (χ4n) is 3.46. The van der Waals surface area contributed by atoms with Crippen LogP contribution in [-0.2, 0) is 4.79 Å². The molecular formula is C17H17ClN4OS. The molecule has 2 unspecified atom stereocenters. The molecule has 0 amide bonds. The van der Waals surface area contributed by atoms with E-state index in [2.05, 4.69) is 22.3 Å². The van der Waals surface area contributed by atoms with E-state index in [0.29, 0.717) is 28.5 Å². The summed E-state index contributed by atoms with van der Waals surface area (Å²) in [5.41, 5.74) is 2.72. The van der Waals surface area contributed by atoms with Gasteiger partial charge in [0.1, 0.15) is 6.04 Å². The summed E-state index contributed by atoms with van der Waals surface area (Å²) in [6, 6.07) is 7.35. The third kappa shape index (κ3) is 2.54. The molecule has 1 aliphatic carbocycles. The van der Waals surface area contributed by atoms with Crippen molar-refractivity contribution in [1.82, 2.24) is 14.8 Å². The molecule has 0 spiro atoms. The van der Waals surface area contributed by atoms with Gasteiger partial charge in [0, 0.05) is 22.7 Å². The summed E-state index contributed by atoms with van der Waals surface area (Å²) < 4.78 is 1.81. The van der Waals surface area contributed by atoms with E-state index >= 15 is 0 Å². The smallest absolute Gasteiger partial charge is 0.227 e. The first-order valence-corrected chi connectivity index (χ1v) is 9.46. The zero-order valence-corrected chi connectivity index (χ0v) is 15.0. The molecule has 0 bridgehead atoms. The number of anilines is 1. The molecule has 2 atom stereocenters. The Morgan fingerprint density at radius 1 is 1.38 bits per heavy atom. The third-order valence-electron chi connectivity index (χ3n) is 4.45. The predicted octanol–water partition coefficient (Wildman–Crippen LogP) is 3.92. The summed E-state index contributed by atoms with van der Waals surface area (Å²) in [5.74, 6) is 1.19. The number of benzene rings is 1. The highest BCUT2D eigenvalue weighted by molar-refractivity contribution is 7.98. The lowest BCUT2D eigenvalue weighted by Gasteiger charge is -2.34. The number of carbonyl (C=O) groups excluding carboxylic acids is 1. The number of rotatable bonds is 2. The maximum Gasteiger partial charge on any atom is 0.227 e. The van der Waals surface area contributed by atoms with Crippen LogP contribution in [0.1, 0.15) is 31.4 Å². The van der Waals surface area contributed by atoms with E-state index in [1.54, 1.807) is 0 Å². The van der Waals surface area contributed by atoms with Crippen molar-refractivity contribution in [2.24, 2.45) is 5.92 Å². The predicted molar refractivity (Wildman–Crippen MR) is 95.4 cm³/mol. The highest BCUT2D eigenvalue weighted by atomic mass is 35.5. The second-order valence-electron chi connectivity index (χ2n) is 6.28. The van der Waals surface area contributed by atoms with Gasteiger partial charge < -0.3 is 5.32 Å². The average molecular weight is 361 g/mol. The minimum Gasteiger partial charge on any atom is -0.328 e. The number of hydrogen-bond donors (Lipinski definition) is 1. The standard InChI is InChI=1S/C17H17ClN4OS/c1-9-6-12-14(13(23)7-9)15(10-4-3-5-11(18)8-10)22-16(19-12)20-17(21-22)24-2/h3-5,8-9,15H,6-7H2,1-2H3,(H,19,20,21). The Kier molecular flexibility index (Phi) is 3.89. The van der Waals surface area contributed by atoms with Crippen molar-refractivity contribution in [3.63, 3.8) is 0 Å². The number of carbonyl (C=O) groups is 1. The molecular weight excluding hydrogens is 344 g/mol. The van der Waals surface area contributed by atoms with Crippen molar-refractivity contribution < 1.29 is 4.79 Å². The second kappa shape index (κ2) is 5.93. The number of nitrogens with zero attached hydrogens (tertiary/aromatic N) is 3. The third-order valence-corrected chi connectivity index (χ3v) is 5.22. The van der Waals surface area contributed by atoms with Crippen molar-refractivity contribution in [3.05, 3.63) is 46.1 Å². The summed E-state index contributed by atoms with van der Waals surface area (Å²) in [6.07, 6.45) is 3.35. The molecule has 0 saturated heterocycles. The maximum absolute atomic E-state index is 12.8. The molecule has 1 aliphatic heterocycles. The van der Waals surface area contributed by atoms with Crippen LogP contribution < -0.4 is 5.32 Å². The number of allylic oxidation sites excluding steroid dienone is 2. The summed E-state index contributed by atoms with van der Waals surface area (Å²) in [5, 5.41) is 9.24. The molecule has 0 saturated carbocycles. The molecule has 7 heteroatoms. The number of halogens is 1. The van der Waals surface area contributed by atoms with Crippen molar-refractivity contribution in [1.29, 1.82) is 0 Å². The first-order chi connectivity index (χ1) is 11.6. The summed E-state index contributed by atoms with van der Waals surface area (Å²) in [6.45, 7) is 2.10. The number of aromatic nitrogens is 3. The number of thioether (sulfide) groups is 1. The average Bonchev–Trinajstić information content (AvgIpc) is 2.95. The Morgan fingerprint density at radius 3 is 2.96 bits per heavy atom. The topological polar surface area (TPSA) is 59.8 Å². The summed E-state index contributed by atoms with van der Waals surface area (Å²) in [7, 11) is 0. The lowest BCUT2D eigenvalue weighted by Crippen LogP contribution is -2.33. The van der Waals surface area contributed by atoms with Crippen LogP contribution in [0.3, 0.4) is 0 Å². The minimum absolute atomic E-state index is 0.174. The molecule has 1 aromatic heterocycles. The highest BCUT2D eigenvalue weighted by Gasteiger charge is 2.38. The monoisotopic (exact) mass is 360 g/mol. The van der Waals surface area contributed by atoms with E-state index in [0.717, 1.165) is 23.3 Å². The van der Waals surface area contributed by atoms with Crippen molar-refractivity contribution in [2.45, 2.75) is 31.0 Å². The van der Waals surface area contributed by atoms with Gasteiger partial charge >= 0.3 is 0 Å². The molecule has 1 aromatic carbocycles. The van der Waals surface area contributed by atoms with Crippen LogP contribution in [0.25, 0.3) is 0 Å². The van der Waals surface area contributed by atoms with Crippen LogP contribution in [-0.4, -0.2) is 26.8 Å². The largest absolute Gasteiger partial charge is 0.328 e. The molecule has 5 nitrogen and oxygen atoms in total. The van der Waals surface area contributed by atoms with E-state index in [4.69, 9.17) is 11.6 Å². The Hall–Kier alpha value is -1.79. The molecule has 0 fully saturated rings. The zero-order chi connectivity index (χ0) is 16.8. The van der Waals surface area contributed by atoms with Gasteiger partial charge in [0.25, 0.3) is 0 Å². The first-order valence-electron chi connectivity index (χ1n) is 7.86. The number of nitrogens with one attached hydrogen (secondary N) is 1. The van der Waals surface area contributed by atoms with Gasteiger partial charge in [-0.15, -0.1) is 5.10 Å². The van der Waals surface area contributed by atoms with Gasteiger partial charge in [0.15, 0.2) is 5.78 Å². The SMILES string of the molecule is CSc1nc2n(n1)C(c1cccc(Cl)c1)C1=C(CC(C)CC1=O)N2. The van der Waals surface area contributed by atoms with Gasteiger partial charge in [0.2, 0.25) is 11.1 Å². The normalized spacial score (nSPS) is 22.9. The van der Waals surface area contributed by atoms with Crippen molar-refractivity contribution in [3.8, 4) is 0 Å². The Bertz CT molecular complexity index is 860. The summed E-state index contributed by atoms with van der Waals surface area (Å²) >= 11 is 7.68. The van der Waals surface area contributed by atoms with E-state index < -0.39 is 0 Å². The molecule has 2 heterocycles. The van der Waals surface area contributed by atoms with Crippen LogP contribution in [0.2, 0.25) is 5.02 Å². The van der Waals surface area contributed by atoms with Crippen LogP contribution in [0.4, 0.5) is 5.95 Å². The Balaban J connectivity index is 1.92. The minimum atomic E-state index is -0.275. The summed E-state index contributed by atoms with van der Waals surface area (Å²) in [4.78, 5) is 17.3. The maximum atomic E-state index is 12.8. The quantitative estimate of drug-likeness (QED) is 0.822. The van der Waals surface area contributed by atoms with Crippen molar-refractivity contribution >= 4 is 35.1 Å². The molecule has 24 heavy (non-hydrogen) atoms. The number of hydrogen-bond acceptors (Lipinski definition) is 5. The van der Waals surface area contributed by atoms with Crippen LogP contribution in [0.5, 0.6) is 0 Å². The van der Waals surface area contributed by atoms with Crippen molar-refractivity contribution in [2.75, 3.05) is 11.6 Å². The number of Topliss-reactive ketones (excluding diaryl/α,β-unsaturated/α-hetero) is 1. The zero-order valence-electron chi connectivity index (χ0n) is 13.4. The second-order valence-corrected chi connectivity index (χ2v) is 7.49. The van der Waals surface area contributed by atoms with E-state index in [1.165, 1.54) is 11.8 Å². The van der Waals surface area contributed by atoms with Gasteiger partial charge in [-0.3, -0.25) is 4.79 Å². The molecule has 1 N–H and O–H groups in total. The van der Waals surface area contributed by atoms with Gasteiger partial charge in [-0.25, -0.2) is 4.68 Å². The molecule has 0 radical (unpaired) electrons. The number of ketones is 1. The van der Waals surface area contributed by atoms with Gasteiger partial charge in [-0.1, -0.05) is 42.4 Å². The van der Waals surface area contributed by atoms with Gasteiger partial charge in [-0.2, -0.15) is 4.98 Å². The molecule has 2 aliphatic rings. The fourth-order valence-corrected chi connectivity index (χ4v) is 4.00. The van der Waals surface area contributed by atoms with Crippen LogP contribution >= 0.6 is 23.4 Å². The molecule has 4 rings (SSSR count). The first kappa shape index (κ1) is 15.7. The van der Waals surface area contributed by atoms with E-state index in [1.807, 2.05) is 35.2 Å². The van der Waals surface area contributed by atoms with E-state index in [-0.39, 0.29) is 11.8 Å². The Labute approximate surface area is 149 Å².